The molecule has 4 nitrogen and oxygen atoms in total. The molecule has 0 bridgehead atoms. The molecule has 0 aliphatic carbocycles. The molecule has 2 aliphatic rings. The number of alkyl halides is 14. The molecule has 0 aromatic heterocycles. The van der Waals surface area contributed by atoms with Crippen LogP contribution in [-0.4, -0.2) is 105 Å². The van der Waals surface area contributed by atoms with Crippen LogP contribution in [0.2, 0.25) is 0 Å². The number of halogens is 14. The zero-order chi connectivity index (χ0) is 27.3. The quantitative estimate of drug-likeness (QED) is 0.368. The molecule has 35 heavy (non-hydrogen) atoms. The number of rotatable bonds is 5. The van der Waals surface area contributed by atoms with Crippen molar-refractivity contribution in [2.75, 3.05) is 46.0 Å². The van der Waals surface area contributed by atoms with Gasteiger partial charge in [0.25, 0.3) is 18.0 Å². The van der Waals surface area contributed by atoms with Gasteiger partial charge in [0.05, 0.1) is 25.2 Å². The molecule has 0 aromatic rings. The first-order valence-corrected chi connectivity index (χ1v) is 9.83. The van der Waals surface area contributed by atoms with Crippen LogP contribution in [0.4, 0.5) is 61.5 Å². The van der Waals surface area contributed by atoms with Crippen molar-refractivity contribution in [3.8, 4) is 0 Å². The molecule has 2 saturated heterocycles. The molecule has 208 valence electrons. The number of ether oxygens (including phenoxy) is 2. The Bertz CT molecular complexity index is 717. The lowest BCUT2D eigenvalue weighted by Crippen LogP contribution is -2.66. The maximum atomic E-state index is 15.0. The highest BCUT2D eigenvalue weighted by Gasteiger charge is 2.68. The van der Waals surface area contributed by atoms with Crippen molar-refractivity contribution in [1.29, 1.82) is 0 Å². The van der Waals surface area contributed by atoms with E-state index >= 15 is 8.78 Å². The average molecular weight is 550 g/mol. The van der Waals surface area contributed by atoms with E-state index < -0.39 is 100 Å². The van der Waals surface area contributed by atoms with Gasteiger partial charge in [0.2, 0.25) is 0 Å². The third-order valence-electron chi connectivity index (χ3n) is 5.85. The Morgan fingerprint density at radius 2 is 1.29 bits per heavy atom. The fourth-order valence-corrected chi connectivity index (χ4v) is 3.77. The summed E-state index contributed by atoms with van der Waals surface area (Å²) in [6, 6.07) is -3.73. The smallest absolute Gasteiger partial charge is 0.378 e. The topological polar surface area (TPSA) is 24.9 Å². The lowest BCUT2D eigenvalue weighted by Gasteiger charge is -2.44. The highest BCUT2D eigenvalue weighted by molar-refractivity contribution is 5.02. The summed E-state index contributed by atoms with van der Waals surface area (Å²) in [5, 5.41) is 0. The minimum atomic E-state index is -6.05. The molecule has 2 aliphatic heterocycles. The summed E-state index contributed by atoms with van der Waals surface area (Å²) in [6.45, 7) is -8.72. The van der Waals surface area contributed by atoms with Gasteiger partial charge >= 0.3 is 18.7 Å². The molecule has 0 saturated carbocycles. The summed E-state index contributed by atoms with van der Waals surface area (Å²) < 4.78 is 197. The Hall–Kier alpha value is -1.14. The molecule has 2 fully saturated rings. The van der Waals surface area contributed by atoms with E-state index in [0.717, 1.165) is 0 Å². The third-order valence-corrected chi connectivity index (χ3v) is 5.85. The fraction of sp³-hybridized carbons (Fsp3) is 1.00. The van der Waals surface area contributed by atoms with Crippen molar-refractivity contribution < 1.29 is 70.9 Å². The molecule has 0 radical (unpaired) electrons. The molecule has 18 heteroatoms. The second-order valence-electron chi connectivity index (χ2n) is 8.51. The maximum absolute atomic E-state index is 15.0. The molecule has 4 unspecified atom stereocenters. The average Bonchev–Trinajstić information content (AvgIpc) is 2.88. The van der Waals surface area contributed by atoms with Crippen molar-refractivity contribution in [3.63, 3.8) is 0 Å². The summed E-state index contributed by atoms with van der Waals surface area (Å²) >= 11 is 0. The van der Waals surface area contributed by atoms with Gasteiger partial charge in [0.15, 0.2) is 6.04 Å². The normalized spacial score (nSPS) is 29.1. The van der Waals surface area contributed by atoms with E-state index in [1.165, 1.54) is 0 Å². The number of hydrogen-bond donors (Lipinski definition) is 0. The van der Waals surface area contributed by atoms with E-state index in [4.69, 9.17) is 0 Å². The van der Waals surface area contributed by atoms with Gasteiger partial charge in [-0.3, -0.25) is 4.90 Å². The van der Waals surface area contributed by atoms with Crippen LogP contribution in [-0.2, 0) is 9.47 Å². The predicted octanol–water partition coefficient (Wildman–Crippen LogP) is 4.65. The molecule has 0 amide bonds. The van der Waals surface area contributed by atoms with E-state index in [-0.39, 0.29) is 9.80 Å². The van der Waals surface area contributed by atoms with E-state index in [9.17, 15) is 52.7 Å². The molecule has 2 heterocycles. The maximum Gasteiger partial charge on any atom is 0.460 e. The lowest BCUT2D eigenvalue weighted by atomic mass is 9.82. The second-order valence-corrected chi connectivity index (χ2v) is 8.51. The molecule has 0 aromatic carbocycles. The standard InChI is InChI=1S/C17H20F14N2O2/c1-12(14(21,22)10(18)15(23,24)25)7-34-6-9(35-8-12)13(19,20)11(16(26,27)28)32-2-4-33(5-3-32)17(29,30)31/h9-11H,2-8H2,1H3. The van der Waals surface area contributed by atoms with E-state index in [1.54, 1.807) is 0 Å². The van der Waals surface area contributed by atoms with Crippen molar-refractivity contribution in [2.45, 2.75) is 55.7 Å². The first kappa shape index (κ1) is 30.1. The minimum Gasteiger partial charge on any atom is -0.378 e. The van der Waals surface area contributed by atoms with Crippen LogP contribution in [0.25, 0.3) is 0 Å². The van der Waals surface area contributed by atoms with Crippen molar-refractivity contribution in [1.82, 2.24) is 9.80 Å². The van der Waals surface area contributed by atoms with Crippen LogP contribution < -0.4 is 0 Å². The monoisotopic (exact) mass is 550 g/mol. The summed E-state index contributed by atoms with van der Waals surface area (Å²) in [4.78, 5) is -0.173. The van der Waals surface area contributed by atoms with Crippen LogP contribution in [0.1, 0.15) is 6.92 Å². The van der Waals surface area contributed by atoms with Gasteiger partial charge < -0.3 is 9.47 Å². The van der Waals surface area contributed by atoms with E-state index in [1.807, 2.05) is 0 Å². The fourth-order valence-electron chi connectivity index (χ4n) is 3.77. The Labute approximate surface area is 189 Å². The zero-order valence-electron chi connectivity index (χ0n) is 17.7. The van der Waals surface area contributed by atoms with Crippen LogP contribution in [0, 0.1) is 5.41 Å². The van der Waals surface area contributed by atoms with Crippen molar-refractivity contribution >= 4 is 0 Å². The molecular weight excluding hydrogens is 530 g/mol. The van der Waals surface area contributed by atoms with Crippen molar-refractivity contribution in [3.05, 3.63) is 0 Å². The Balaban J connectivity index is 2.25. The molecular formula is C17H20F14N2O2. The van der Waals surface area contributed by atoms with Crippen LogP contribution in [0.5, 0.6) is 0 Å². The largest absolute Gasteiger partial charge is 0.460 e. The predicted molar refractivity (Wildman–Crippen MR) is 88.6 cm³/mol. The Kier molecular flexibility index (Phi) is 8.28. The zero-order valence-corrected chi connectivity index (χ0v) is 17.7. The lowest BCUT2D eigenvalue weighted by molar-refractivity contribution is -0.297. The van der Waals surface area contributed by atoms with E-state index in [0.29, 0.717) is 6.92 Å². The van der Waals surface area contributed by atoms with E-state index in [2.05, 4.69) is 9.47 Å². The Morgan fingerprint density at radius 3 is 1.71 bits per heavy atom. The molecule has 2 rings (SSSR count). The second kappa shape index (κ2) is 9.63. The number of piperazine rings is 1. The Morgan fingerprint density at radius 1 is 0.771 bits per heavy atom. The van der Waals surface area contributed by atoms with Crippen molar-refractivity contribution in [2.24, 2.45) is 5.41 Å². The van der Waals surface area contributed by atoms with Gasteiger partial charge in [0, 0.05) is 26.2 Å². The summed E-state index contributed by atoms with van der Waals surface area (Å²) in [6.07, 6.45) is -24.4. The minimum absolute atomic E-state index is 0.0194. The highest BCUT2D eigenvalue weighted by atomic mass is 19.4. The van der Waals surface area contributed by atoms with Gasteiger partial charge in [-0.1, -0.05) is 0 Å². The molecule has 4 atom stereocenters. The van der Waals surface area contributed by atoms with Gasteiger partial charge in [-0.05, 0) is 6.92 Å². The third kappa shape index (κ3) is 6.23. The van der Waals surface area contributed by atoms with Crippen LogP contribution >= 0.6 is 0 Å². The SMILES string of the molecule is CC1(C(F)(F)C(F)C(F)(F)F)COCC(C(F)(F)C(N2CCN(C(F)(F)F)CC2)C(F)(F)F)OC1. The van der Waals surface area contributed by atoms with Gasteiger partial charge in [-0.15, -0.1) is 0 Å². The summed E-state index contributed by atoms with van der Waals surface area (Å²) in [5.74, 6) is -10.3. The van der Waals surface area contributed by atoms with Gasteiger partial charge in [-0.25, -0.2) is 26.9 Å². The van der Waals surface area contributed by atoms with Gasteiger partial charge in [0.1, 0.15) is 6.10 Å². The highest BCUT2D eigenvalue weighted by Crippen LogP contribution is 2.49. The number of nitrogens with zero attached hydrogens (tertiary/aromatic N) is 2. The van der Waals surface area contributed by atoms with Crippen LogP contribution in [0.3, 0.4) is 0 Å². The first-order chi connectivity index (χ1) is 15.5. The summed E-state index contributed by atoms with van der Waals surface area (Å²) in [7, 11) is 0. The molecule has 0 spiro atoms. The number of hydrogen-bond acceptors (Lipinski definition) is 4. The van der Waals surface area contributed by atoms with Gasteiger partial charge in [-0.2, -0.15) is 39.5 Å². The first-order valence-electron chi connectivity index (χ1n) is 9.83. The van der Waals surface area contributed by atoms with Crippen LogP contribution in [0.15, 0.2) is 0 Å². The molecule has 0 N–H and O–H groups in total. The summed E-state index contributed by atoms with van der Waals surface area (Å²) in [5.41, 5.74) is -3.20.